The highest BCUT2D eigenvalue weighted by Gasteiger charge is 2.18. The van der Waals surface area contributed by atoms with Crippen molar-refractivity contribution >= 4 is 23.1 Å². The molecule has 5 nitrogen and oxygen atoms in total. The predicted octanol–water partition coefficient (Wildman–Crippen LogP) is 2.24. The van der Waals surface area contributed by atoms with Crippen molar-refractivity contribution in [3.63, 3.8) is 0 Å². The normalized spacial score (nSPS) is 12.2. The van der Waals surface area contributed by atoms with Crippen LogP contribution in [0.1, 0.15) is 21.3 Å². The molecule has 2 rings (SSSR count). The second kappa shape index (κ2) is 7.38. The fourth-order valence-corrected chi connectivity index (χ4v) is 3.16. The zero-order valence-corrected chi connectivity index (χ0v) is 14.2. The van der Waals surface area contributed by atoms with Crippen molar-refractivity contribution in [3.05, 3.63) is 46.3 Å². The topological polar surface area (TPSA) is 48.5 Å². The molecule has 2 aromatic rings. The molecule has 1 unspecified atom stereocenters. The van der Waals surface area contributed by atoms with Gasteiger partial charge in [-0.15, -0.1) is 11.3 Å². The Morgan fingerprint density at radius 1 is 1.27 bits per heavy atom. The minimum absolute atomic E-state index is 0.0970. The van der Waals surface area contributed by atoms with Crippen molar-refractivity contribution in [3.8, 4) is 0 Å². The van der Waals surface area contributed by atoms with Crippen LogP contribution in [0.5, 0.6) is 0 Å². The van der Waals surface area contributed by atoms with Gasteiger partial charge in [-0.05, 0) is 37.7 Å². The van der Waals surface area contributed by atoms with Gasteiger partial charge in [0.15, 0.2) is 0 Å². The molecule has 118 valence electrons. The van der Waals surface area contributed by atoms with E-state index in [1.807, 2.05) is 39.2 Å². The number of carbonyl (C=O) groups is 1. The SMILES string of the molecule is CN(C)c1ncccc1C(=O)NCC(c1cccs1)N(C)C. The molecule has 1 amide bonds. The number of aromatic nitrogens is 1. The lowest BCUT2D eigenvalue weighted by Gasteiger charge is -2.24. The molecule has 0 radical (unpaired) electrons. The fraction of sp³-hybridized carbons (Fsp3) is 0.375. The molecule has 0 saturated heterocycles. The summed E-state index contributed by atoms with van der Waals surface area (Å²) >= 11 is 1.70. The Labute approximate surface area is 135 Å². The molecule has 0 bridgehead atoms. The van der Waals surface area contributed by atoms with Crippen molar-refractivity contribution in [1.29, 1.82) is 0 Å². The monoisotopic (exact) mass is 318 g/mol. The standard InChI is InChI=1S/C16H22N4OS/c1-19(2)13(14-8-6-10-22-14)11-18-16(21)12-7-5-9-17-15(12)20(3)4/h5-10,13H,11H2,1-4H3,(H,18,21). The molecule has 0 spiro atoms. The Morgan fingerprint density at radius 2 is 2.05 bits per heavy atom. The van der Waals surface area contributed by atoms with E-state index in [1.54, 1.807) is 29.7 Å². The van der Waals surface area contributed by atoms with Crippen LogP contribution in [0, 0.1) is 0 Å². The van der Waals surface area contributed by atoms with E-state index in [4.69, 9.17) is 0 Å². The molecule has 0 saturated carbocycles. The van der Waals surface area contributed by atoms with Gasteiger partial charge in [0.1, 0.15) is 5.82 Å². The number of amides is 1. The number of nitrogens with one attached hydrogen (secondary N) is 1. The van der Waals surface area contributed by atoms with E-state index in [1.165, 1.54) is 4.88 Å². The Balaban J connectivity index is 2.09. The first kappa shape index (κ1) is 16.5. The number of carbonyl (C=O) groups excluding carboxylic acids is 1. The maximum atomic E-state index is 12.5. The number of anilines is 1. The van der Waals surface area contributed by atoms with E-state index in [0.717, 1.165) is 0 Å². The highest BCUT2D eigenvalue weighted by molar-refractivity contribution is 7.10. The van der Waals surface area contributed by atoms with Gasteiger partial charge in [-0.25, -0.2) is 4.98 Å². The zero-order chi connectivity index (χ0) is 16.1. The fourth-order valence-electron chi connectivity index (χ4n) is 2.23. The van der Waals surface area contributed by atoms with Crippen molar-refractivity contribution in [2.75, 3.05) is 39.6 Å². The molecule has 2 heterocycles. The first-order valence-electron chi connectivity index (χ1n) is 7.11. The minimum Gasteiger partial charge on any atom is -0.362 e. The quantitative estimate of drug-likeness (QED) is 0.887. The van der Waals surface area contributed by atoms with Crippen LogP contribution in [-0.2, 0) is 0 Å². The number of likely N-dealkylation sites (N-methyl/N-ethyl adjacent to an activating group) is 1. The second-order valence-electron chi connectivity index (χ2n) is 5.47. The summed E-state index contributed by atoms with van der Waals surface area (Å²) in [5.74, 6) is 0.581. The minimum atomic E-state index is -0.0970. The van der Waals surface area contributed by atoms with Gasteiger partial charge in [0.2, 0.25) is 0 Å². The van der Waals surface area contributed by atoms with Gasteiger partial charge < -0.3 is 15.1 Å². The van der Waals surface area contributed by atoms with Crippen molar-refractivity contribution in [2.45, 2.75) is 6.04 Å². The summed E-state index contributed by atoms with van der Waals surface area (Å²) in [5.41, 5.74) is 0.594. The summed E-state index contributed by atoms with van der Waals surface area (Å²) < 4.78 is 0. The Morgan fingerprint density at radius 3 is 2.64 bits per heavy atom. The highest BCUT2D eigenvalue weighted by atomic mass is 32.1. The molecule has 0 aliphatic heterocycles. The summed E-state index contributed by atoms with van der Waals surface area (Å²) in [6.45, 7) is 0.564. The van der Waals surface area contributed by atoms with Crippen LogP contribution in [0.25, 0.3) is 0 Å². The number of nitrogens with zero attached hydrogens (tertiary/aromatic N) is 3. The van der Waals surface area contributed by atoms with E-state index >= 15 is 0 Å². The molecule has 0 aliphatic carbocycles. The number of pyridine rings is 1. The van der Waals surface area contributed by atoms with Crippen molar-refractivity contribution in [2.24, 2.45) is 0 Å². The molecule has 0 aromatic carbocycles. The molecule has 1 N–H and O–H groups in total. The average molecular weight is 318 g/mol. The largest absolute Gasteiger partial charge is 0.362 e. The third-order valence-electron chi connectivity index (χ3n) is 3.41. The van der Waals surface area contributed by atoms with E-state index in [2.05, 4.69) is 26.6 Å². The first-order valence-corrected chi connectivity index (χ1v) is 7.99. The van der Waals surface area contributed by atoms with Crippen LogP contribution in [0.3, 0.4) is 0 Å². The van der Waals surface area contributed by atoms with E-state index in [0.29, 0.717) is 17.9 Å². The van der Waals surface area contributed by atoms with Gasteiger partial charge in [-0.2, -0.15) is 0 Å². The number of hydrogen-bond donors (Lipinski definition) is 1. The Kier molecular flexibility index (Phi) is 5.51. The summed E-state index contributed by atoms with van der Waals surface area (Å²) in [6.07, 6.45) is 1.69. The van der Waals surface area contributed by atoms with Crippen LogP contribution in [0.15, 0.2) is 35.8 Å². The van der Waals surface area contributed by atoms with Gasteiger partial charge in [0.05, 0.1) is 11.6 Å². The van der Waals surface area contributed by atoms with Gasteiger partial charge in [0.25, 0.3) is 5.91 Å². The van der Waals surface area contributed by atoms with Gasteiger partial charge >= 0.3 is 0 Å². The van der Waals surface area contributed by atoms with E-state index in [9.17, 15) is 4.79 Å². The van der Waals surface area contributed by atoms with Gasteiger partial charge in [0, 0.05) is 31.7 Å². The molecule has 2 aromatic heterocycles. The Bertz CT molecular complexity index is 610. The lowest BCUT2D eigenvalue weighted by atomic mass is 10.2. The summed E-state index contributed by atoms with van der Waals surface area (Å²) in [7, 11) is 7.80. The number of thiophene rings is 1. The molecule has 22 heavy (non-hydrogen) atoms. The molecule has 6 heteroatoms. The highest BCUT2D eigenvalue weighted by Crippen LogP contribution is 2.22. The van der Waals surface area contributed by atoms with Crippen molar-refractivity contribution in [1.82, 2.24) is 15.2 Å². The van der Waals surface area contributed by atoms with Crippen LogP contribution in [-0.4, -0.2) is 50.5 Å². The predicted molar refractivity (Wildman–Crippen MR) is 91.6 cm³/mol. The number of hydrogen-bond acceptors (Lipinski definition) is 5. The van der Waals surface area contributed by atoms with Crippen LogP contribution in [0.4, 0.5) is 5.82 Å². The molecular weight excluding hydrogens is 296 g/mol. The maximum absolute atomic E-state index is 12.5. The third kappa shape index (κ3) is 3.84. The maximum Gasteiger partial charge on any atom is 0.255 e. The average Bonchev–Trinajstić information content (AvgIpc) is 3.01. The molecule has 0 fully saturated rings. The molecule has 0 aliphatic rings. The summed E-state index contributed by atoms with van der Waals surface area (Å²) in [6, 6.07) is 7.88. The summed E-state index contributed by atoms with van der Waals surface area (Å²) in [5, 5.41) is 5.08. The van der Waals surface area contributed by atoms with Crippen molar-refractivity contribution < 1.29 is 4.79 Å². The third-order valence-corrected chi connectivity index (χ3v) is 4.38. The Hall–Kier alpha value is -1.92. The van der Waals surface area contributed by atoms with E-state index < -0.39 is 0 Å². The zero-order valence-electron chi connectivity index (χ0n) is 13.4. The van der Waals surface area contributed by atoms with Gasteiger partial charge in [-0.1, -0.05) is 6.07 Å². The van der Waals surface area contributed by atoms with Crippen LogP contribution >= 0.6 is 11.3 Å². The second-order valence-corrected chi connectivity index (χ2v) is 6.45. The lowest BCUT2D eigenvalue weighted by molar-refractivity contribution is 0.0942. The van der Waals surface area contributed by atoms with Crippen LogP contribution in [0.2, 0.25) is 0 Å². The van der Waals surface area contributed by atoms with Crippen LogP contribution < -0.4 is 10.2 Å². The van der Waals surface area contributed by atoms with Gasteiger partial charge in [-0.3, -0.25) is 4.79 Å². The molecule has 1 atom stereocenters. The first-order chi connectivity index (χ1) is 10.5. The number of rotatable bonds is 6. The molecular formula is C16H22N4OS. The lowest BCUT2D eigenvalue weighted by Crippen LogP contribution is -2.34. The van der Waals surface area contributed by atoms with E-state index in [-0.39, 0.29) is 11.9 Å². The summed E-state index contributed by atoms with van der Waals surface area (Å²) in [4.78, 5) is 21.9. The smallest absolute Gasteiger partial charge is 0.255 e.